The minimum Gasteiger partial charge on any atom is -0.339 e. The van der Waals surface area contributed by atoms with E-state index in [4.69, 9.17) is 5.10 Å². The maximum atomic E-state index is 4.73. The second-order valence-electron chi connectivity index (χ2n) is 6.05. The third-order valence-corrected chi connectivity index (χ3v) is 5.51. The number of imidazole rings is 1. The molecule has 116 valence electrons. The van der Waals surface area contributed by atoms with Crippen molar-refractivity contribution in [2.75, 3.05) is 11.4 Å². The second-order valence-corrected chi connectivity index (χ2v) is 6.99. The molecule has 0 saturated carbocycles. The van der Waals surface area contributed by atoms with Gasteiger partial charge in [0.1, 0.15) is 0 Å². The summed E-state index contributed by atoms with van der Waals surface area (Å²) in [6, 6.07) is 0.380. The number of anilines is 1. The lowest BCUT2D eigenvalue weighted by Crippen LogP contribution is -2.23. The highest BCUT2D eigenvalue weighted by atomic mass is 32.1. The van der Waals surface area contributed by atoms with Crippen LogP contribution in [-0.2, 0) is 7.05 Å². The van der Waals surface area contributed by atoms with Crippen LogP contribution in [0.25, 0.3) is 4.96 Å². The minimum atomic E-state index is 0.380. The monoisotopic (exact) mass is 316 g/mol. The van der Waals surface area contributed by atoms with Crippen LogP contribution in [0.1, 0.15) is 41.5 Å². The molecule has 0 bridgehead atoms. The Kier molecular flexibility index (Phi) is 3.00. The van der Waals surface area contributed by atoms with Crippen LogP contribution in [0.3, 0.4) is 0 Å². The van der Waals surface area contributed by atoms with E-state index in [0.29, 0.717) is 6.04 Å². The molecule has 0 radical (unpaired) electrons. The van der Waals surface area contributed by atoms with Crippen LogP contribution in [0.2, 0.25) is 0 Å². The fourth-order valence-corrected chi connectivity index (χ4v) is 4.49. The predicted octanol–water partition coefficient (Wildman–Crippen LogP) is 2.79. The Hall–Kier alpha value is -1.89. The minimum absolute atomic E-state index is 0.380. The lowest BCUT2D eigenvalue weighted by molar-refractivity contribution is 0.693. The number of hydrogen-bond acceptors (Lipinski definition) is 5. The van der Waals surface area contributed by atoms with Crippen molar-refractivity contribution < 1.29 is 0 Å². The Morgan fingerprint density at radius 3 is 2.73 bits per heavy atom. The van der Waals surface area contributed by atoms with Gasteiger partial charge in [0, 0.05) is 24.8 Å². The van der Waals surface area contributed by atoms with Crippen molar-refractivity contribution in [3.63, 3.8) is 0 Å². The smallest absolute Gasteiger partial charge is 0.214 e. The van der Waals surface area contributed by atoms with Crippen molar-refractivity contribution in [1.82, 2.24) is 24.4 Å². The molecular formula is C15H20N6S. The molecule has 1 aliphatic heterocycles. The predicted molar refractivity (Wildman–Crippen MR) is 87.6 cm³/mol. The number of fused-ring (bicyclic) bond motifs is 1. The van der Waals surface area contributed by atoms with Gasteiger partial charge in [0.2, 0.25) is 10.1 Å². The fourth-order valence-electron chi connectivity index (χ4n) is 3.48. The summed E-state index contributed by atoms with van der Waals surface area (Å²) in [7, 11) is 2.02. The van der Waals surface area contributed by atoms with Crippen molar-refractivity contribution in [2.45, 2.75) is 39.7 Å². The molecule has 1 atom stereocenters. The van der Waals surface area contributed by atoms with Gasteiger partial charge in [0.25, 0.3) is 0 Å². The first-order valence-electron chi connectivity index (χ1n) is 7.64. The van der Waals surface area contributed by atoms with E-state index < -0.39 is 0 Å². The summed E-state index contributed by atoms with van der Waals surface area (Å²) in [4.78, 5) is 7.91. The lowest BCUT2D eigenvalue weighted by Gasteiger charge is -2.24. The van der Waals surface area contributed by atoms with Crippen LogP contribution in [-0.4, -0.2) is 30.9 Å². The SMILES string of the molecule is Cc1cn2nc(N3CCCC3c3c(C)nn(C)c3C)sc2n1. The van der Waals surface area contributed by atoms with Gasteiger partial charge in [0.05, 0.1) is 23.6 Å². The van der Waals surface area contributed by atoms with Gasteiger partial charge in [-0.2, -0.15) is 5.10 Å². The van der Waals surface area contributed by atoms with Crippen molar-refractivity contribution in [2.24, 2.45) is 7.05 Å². The molecule has 1 saturated heterocycles. The second kappa shape index (κ2) is 4.81. The van der Waals surface area contributed by atoms with E-state index in [1.807, 2.05) is 29.4 Å². The van der Waals surface area contributed by atoms with Crippen molar-refractivity contribution in [1.29, 1.82) is 0 Å². The van der Waals surface area contributed by atoms with Gasteiger partial charge in [-0.1, -0.05) is 11.3 Å². The normalized spacial score (nSPS) is 18.7. The third kappa shape index (κ3) is 1.95. The highest BCUT2D eigenvalue weighted by Gasteiger charge is 2.32. The first kappa shape index (κ1) is 13.8. The first-order chi connectivity index (χ1) is 10.5. The molecule has 4 rings (SSSR count). The number of nitrogens with zero attached hydrogens (tertiary/aromatic N) is 6. The summed E-state index contributed by atoms with van der Waals surface area (Å²) in [5.74, 6) is 0. The van der Waals surface area contributed by atoms with E-state index in [0.717, 1.165) is 34.4 Å². The molecule has 0 aromatic carbocycles. The summed E-state index contributed by atoms with van der Waals surface area (Å²) in [5.41, 5.74) is 4.77. The zero-order valence-corrected chi connectivity index (χ0v) is 14.2. The van der Waals surface area contributed by atoms with Gasteiger partial charge in [-0.3, -0.25) is 4.68 Å². The number of aryl methyl sites for hydroxylation is 3. The maximum absolute atomic E-state index is 4.73. The Balaban J connectivity index is 1.75. The fraction of sp³-hybridized carbons (Fsp3) is 0.533. The summed E-state index contributed by atoms with van der Waals surface area (Å²) < 4.78 is 3.88. The van der Waals surface area contributed by atoms with Gasteiger partial charge >= 0.3 is 0 Å². The molecule has 3 aromatic heterocycles. The molecular weight excluding hydrogens is 296 g/mol. The van der Waals surface area contributed by atoms with Crippen LogP contribution in [0.5, 0.6) is 0 Å². The Morgan fingerprint density at radius 2 is 2.05 bits per heavy atom. The summed E-state index contributed by atoms with van der Waals surface area (Å²) >= 11 is 1.67. The Labute approximate surface area is 133 Å². The van der Waals surface area contributed by atoms with E-state index >= 15 is 0 Å². The molecule has 1 aliphatic rings. The molecule has 0 amide bonds. The topological polar surface area (TPSA) is 51.2 Å². The Bertz CT molecular complexity index is 810. The van der Waals surface area contributed by atoms with E-state index in [2.05, 4.69) is 28.8 Å². The van der Waals surface area contributed by atoms with E-state index in [-0.39, 0.29) is 0 Å². The zero-order chi connectivity index (χ0) is 15.4. The van der Waals surface area contributed by atoms with Gasteiger partial charge in [-0.05, 0) is 33.6 Å². The molecule has 1 unspecified atom stereocenters. The van der Waals surface area contributed by atoms with Crippen molar-refractivity contribution >= 4 is 21.4 Å². The highest BCUT2D eigenvalue weighted by Crippen LogP contribution is 2.40. The molecule has 7 heteroatoms. The molecule has 3 aromatic rings. The number of hydrogen-bond donors (Lipinski definition) is 0. The highest BCUT2D eigenvalue weighted by molar-refractivity contribution is 7.20. The third-order valence-electron chi connectivity index (χ3n) is 4.55. The van der Waals surface area contributed by atoms with Crippen molar-refractivity contribution in [3.8, 4) is 0 Å². The van der Waals surface area contributed by atoms with E-state index in [1.165, 1.54) is 17.7 Å². The largest absolute Gasteiger partial charge is 0.339 e. The average Bonchev–Trinajstić information content (AvgIpc) is 3.15. The van der Waals surface area contributed by atoms with Gasteiger partial charge in [-0.25, -0.2) is 9.50 Å². The summed E-state index contributed by atoms with van der Waals surface area (Å²) in [5, 5.41) is 10.4. The Morgan fingerprint density at radius 1 is 1.23 bits per heavy atom. The van der Waals surface area contributed by atoms with Gasteiger partial charge < -0.3 is 4.90 Å². The van der Waals surface area contributed by atoms with E-state index in [1.54, 1.807) is 11.3 Å². The van der Waals surface area contributed by atoms with Gasteiger partial charge in [-0.15, -0.1) is 5.10 Å². The number of rotatable bonds is 2. The molecule has 0 aliphatic carbocycles. The van der Waals surface area contributed by atoms with Crippen LogP contribution in [0, 0.1) is 20.8 Å². The first-order valence-corrected chi connectivity index (χ1v) is 8.46. The maximum Gasteiger partial charge on any atom is 0.214 e. The molecule has 22 heavy (non-hydrogen) atoms. The molecule has 0 spiro atoms. The lowest BCUT2D eigenvalue weighted by atomic mass is 10.0. The summed E-state index contributed by atoms with van der Waals surface area (Å²) in [6.07, 6.45) is 4.34. The van der Waals surface area contributed by atoms with Crippen LogP contribution in [0.15, 0.2) is 6.20 Å². The molecule has 1 fully saturated rings. The molecule has 6 nitrogen and oxygen atoms in total. The molecule has 4 heterocycles. The van der Waals surface area contributed by atoms with E-state index in [9.17, 15) is 0 Å². The van der Waals surface area contributed by atoms with Crippen LogP contribution >= 0.6 is 11.3 Å². The molecule has 0 N–H and O–H groups in total. The zero-order valence-electron chi connectivity index (χ0n) is 13.4. The number of aromatic nitrogens is 5. The van der Waals surface area contributed by atoms with Crippen LogP contribution < -0.4 is 4.90 Å². The van der Waals surface area contributed by atoms with Crippen LogP contribution in [0.4, 0.5) is 5.13 Å². The van der Waals surface area contributed by atoms with Gasteiger partial charge in [0.15, 0.2) is 0 Å². The standard InChI is InChI=1S/C15H20N6S/c1-9-8-21-14(16-9)22-15(18-21)20-7-5-6-12(20)13-10(2)17-19(4)11(13)3/h8,12H,5-7H2,1-4H3. The average molecular weight is 316 g/mol. The quantitative estimate of drug-likeness (QED) is 0.729. The summed E-state index contributed by atoms with van der Waals surface area (Å²) in [6.45, 7) is 7.32. The van der Waals surface area contributed by atoms with Crippen molar-refractivity contribution in [3.05, 3.63) is 28.8 Å².